The number of ether oxygens (including phenoxy) is 1. The van der Waals surface area contributed by atoms with Crippen LogP contribution >= 0.6 is 0 Å². The molecule has 1 aliphatic heterocycles. The molecule has 0 atom stereocenters. The first-order chi connectivity index (χ1) is 9.72. The number of piperidine rings is 1. The van der Waals surface area contributed by atoms with Crippen LogP contribution in [0.15, 0.2) is 0 Å². The summed E-state index contributed by atoms with van der Waals surface area (Å²) < 4.78 is 5.54. The largest absolute Gasteiger partial charge is 0.380 e. The lowest BCUT2D eigenvalue weighted by molar-refractivity contribution is 0.130. The zero-order valence-corrected chi connectivity index (χ0v) is 13.9. The molecule has 0 bridgehead atoms. The zero-order valence-electron chi connectivity index (χ0n) is 13.9. The van der Waals surface area contributed by atoms with E-state index in [1.54, 1.807) is 0 Å². The summed E-state index contributed by atoms with van der Waals surface area (Å²) in [6.07, 6.45) is 5.12. The van der Waals surface area contributed by atoms with E-state index in [0.29, 0.717) is 0 Å². The van der Waals surface area contributed by atoms with Crippen molar-refractivity contribution in [2.75, 3.05) is 66.6 Å². The molecule has 1 N–H and O–H groups in total. The van der Waals surface area contributed by atoms with Crippen molar-refractivity contribution in [3.8, 4) is 0 Å². The second-order valence-corrected chi connectivity index (χ2v) is 6.26. The Hall–Kier alpha value is -0.160. The molecule has 1 heterocycles. The lowest BCUT2D eigenvalue weighted by Gasteiger charge is -2.33. The monoisotopic (exact) mass is 285 g/mol. The molecule has 4 nitrogen and oxygen atoms in total. The number of hydrogen-bond acceptors (Lipinski definition) is 4. The molecule has 1 saturated heterocycles. The van der Waals surface area contributed by atoms with Crippen molar-refractivity contribution in [1.82, 2.24) is 15.1 Å². The van der Waals surface area contributed by atoms with E-state index in [9.17, 15) is 0 Å². The lowest BCUT2D eigenvalue weighted by Crippen LogP contribution is -2.40. The summed E-state index contributed by atoms with van der Waals surface area (Å²) in [4.78, 5) is 4.91. The van der Waals surface area contributed by atoms with Crippen molar-refractivity contribution in [1.29, 1.82) is 0 Å². The van der Waals surface area contributed by atoms with Gasteiger partial charge in [0, 0.05) is 32.8 Å². The van der Waals surface area contributed by atoms with Gasteiger partial charge in [-0.05, 0) is 52.4 Å². The number of rotatable bonds is 11. The van der Waals surface area contributed by atoms with Crippen molar-refractivity contribution < 1.29 is 4.74 Å². The molecule has 0 unspecified atom stereocenters. The fourth-order valence-corrected chi connectivity index (χ4v) is 2.76. The maximum Gasteiger partial charge on any atom is 0.0590 e. The Kier molecular flexibility index (Phi) is 10.3. The molecular formula is C16H35N3O. The highest BCUT2D eigenvalue weighted by Crippen LogP contribution is 2.17. The quantitative estimate of drug-likeness (QED) is 0.584. The molecule has 0 spiro atoms. The van der Waals surface area contributed by atoms with E-state index in [1.165, 1.54) is 51.9 Å². The Balaban J connectivity index is 1.89. The topological polar surface area (TPSA) is 27.7 Å². The molecule has 0 aromatic rings. The molecule has 0 aromatic carbocycles. The van der Waals surface area contributed by atoms with Gasteiger partial charge in [-0.3, -0.25) is 0 Å². The highest BCUT2D eigenvalue weighted by molar-refractivity contribution is 4.74. The molecule has 1 aliphatic rings. The molecule has 20 heavy (non-hydrogen) atoms. The van der Waals surface area contributed by atoms with Gasteiger partial charge in [-0.1, -0.05) is 13.3 Å². The first kappa shape index (κ1) is 17.9. The minimum atomic E-state index is 0.852. The summed E-state index contributed by atoms with van der Waals surface area (Å²) in [6, 6.07) is 0. The Labute approximate surface area is 125 Å². The third kappa shape index (κ3) is 8.90. The van der Waals surface area contributed by atoms with E-state index >= 15 is 0 Å². The maximum absolute atomic E-state index is 5.54. The fraction of sp³-hybridized carbons (Fsp3) is 1.00. The summed E-state index contributed by atoms with van der Waals surface area (Å²) in [5, 5.41) is 3.48. The van der Waals surface area contributed by atoms with Crippen LogP contribution in [0, 0.1) is 5.92 Å². The second-order valence-electron chi connectivity index (χ2n) is 6.26. The van der Waals surface area contributed by atoms with Crippen LogP contribution in [0.3, 0.4) is 0 Å². The summed E-state index contributed by atoms with van der Waals surface area (Å²) in [5.74, 6) is 0.904. The first-order valence-corrected chi connectivity index (χ1v) is 8.38. The highest BCUT2D eigenvalue weighted by atomic mass is 16.5. The average Bonchev–Trinajstić information content (AvgIpc) is 2.43. The van der Waals surface area contributed by atoms with Crippen LogP contribution in [0.5, 0.6) is 0 Å². The fourth-order valence-electron chi connectivity index (χ4n) is 2.76. The normalized spacial score (nSPS) is 18.0. The van der Waals surface area contributed by atoms with E-state index in [1.807, 2.05) is 0 Å². The molecule has 0 aliphatic carbocycles. The van der Waals surface area contributed by atoms with Gasteiger partial charge in [0.2, 0.25) is 0 Å². The van der Waals surface area contributed by atoms with Crippen molar-refractivity contribution in [3.05, 3.63) is 0 Å². The Bertz CT molecular complexity index is 216. The van der Waals surface area contributed by atoms with Crippen LogP contribution in [0.4, 0.5) is 0 Å². The van der Waals surface area contributed by atoms with E-state index in [0.717, 1.165) is 32.2 Å². The average molecular weight is 285 g/mol. The third-order valence-electron chi connectivity index (χ3n) is 4.00. The standard InChI is InChI=1S/C16H35N3O/c1-4-5-13-20-14-9-17-8-12-19-10-6-16(7-11-19)15-18(2)3/h16-17H,4-15H2,1-3H3. The number of nitrogens with zero attached hydrogens (tertiary/aromatic N) is 2. The maximum atomic E-state index is 5.54. The van der Waals surface area contributed by atoms with Gasteiger partial charge in [0.15, 0.2) is 0 Å². The Morgan fingerprint density at radius 2 is 1.90 bits per heavy atom. The third-order valence-corrected chi connectivity index (χ3v) is 4.00. The van der Waals surface area contributed by atoms with Gasteiger partial charge < -0.3 is 19.9 Å². The minimum Gasteiger partial charge on any atom is -0.380 e. The van der Waals surface area contributed by atoms with Crippen molar-refractivity contribution in [2.45, 2.75) is 32.6 Å². The van der Waals surface area contributed by atoms with Crippen LogP contribution in [0.25, 0.3) is 0 Å². The number of likely N-dealkylation sites (tertiary alicyclic amines) is 1. The summed E-state index contributed by atoms with van der Waals surface area (Å²) in [7, 11) is 4.36. The lowest BCUT2D eigenvalue weighted by atomic mass is 9.96. The van der Waals surface area contributed by atoms with Crippen LogP contribution in [-0.2, 0) is 4.74 Å². The number of hydrogen-bond donors (Lipinski definition) is 1. The van der Waals surface area contributed by atoms with Gasteiger partial charge >= 0.3 is 0 Å². The van der Waals surface area contributed by atoms with E-state index in [2.05, 4.69) is 36.1 Å². The van der Waals surface area contributed by atoms with E-state index < -0.39 is 0 Å². The highest BCUT2D eigenvalue weighted by Gasteiger charge is 2.18. The summed E-state index contributed by atoms with van der Waals surface area (Å²) in [6.45, 7) is 11.0. The van der Waals surface area contributed by atoms with Gasteiger partial charge in [0.25, 0.3) is 0 Å². The number of nitrogens with one attached hydrogen (secondary N) is 1. The Morgan fingerprint density at radius 3 is 2.55 bits per heavy atom. The second kappa shape index (κ2) is 11.5. The van der Waals surface area contributed by atoms with Crippen LogP contribution in [0.2, 0.25) is 0 Å². The molecule has 0 aromatic heterocycles. The Morgan fingerprint density at radius 1 is 1.15 bits per heavy atom. The van der Waals surface area contributed by atoms with Gasteiger partial charge in [-0.15, -0.1) is 0 Å². The number of unbranched alkanes of at least 4 members (excludes halogenated alkanes) is 1. The molecule has 0 amide bonds. The molecule has 4 heteroatoms. The molecule has 120 valence electrons. The minimum absolute atomic E-state index is 0.852. The van der Waals surface area contributed by atoms with Crippen LogP contribution in [-0.4, -0.2) is 76.4 Å². The van der Waals surface area contributed by atoms with Gasteiger partial charge in [-0.2, -0.15) is 0 Å². The molecule has 1 rings (SSSR count). The predicted molar refractivity (Wildman–Crippen MR) is 86.3 cm³/mol. The van der Waals surface area contributed by atoms with Crippen molar-refractivity contribution in [3.63, 3.8) is 0 Å². The first-order valence-electron chi connectivity index (χ1n) is 8.38. The van der Waals surface area contributed by atoms with Crippen molar-refractivity contribution in [2.24, 2.45) is 5.92 Å². The van der Waals surface area contributed by atoms with Crippen LogP contribution in [0.1, 0.15) is 32.6 Å². The SMILES string of the molecule is CCCCOCCNCCN1CCC(CN(C)C)CC1. The summed E-state index contributed by atoms with van der Waals surface area (Å²) >= 11 is 0. The smallest absolute Gasteiger partial charge is 0.0590 e. The van der Waals surface area contributed by atoms with E-state index in [4.69, 9.17) is 4.74 Å². The molecular weight excluding hydrogens is 250 g/mol. The molecule has 0 saturated carbocycles. The van der Waals surface area contributed by atoms with Crippen LogP contribution < -0.4 is 5.32 Å². The predicted octanol–water partition coefficient (Wildman–Crippen LogP) is 1.67. The van der Waals surface area contributed by atoms with Gasteiger partial charge in [-0.25, -0.2) is 0 Å². The molecule has 1 fully saturated rings. The van der Waals surface area contributed by atoms with Gasteiger partial charge in [0.05, 0.1) is 6.61 Å². The molecule has 0 radical (unpaired) electrons. The zero-order chi connectivity index (χ0) is 14.6. The van der Waals surface area contributed by atoms with E-state index in [-0.39, 0.29) is 0 Å². The summed E-state index contributed by atoms with van der Waals surface area (Å²) in [5.41, 5.74) is 0. The van der Waals surface area contributed by atoms with Crippen molar-refractivity contribution >= 4 is 0 Å². The van der Waals surface area contributed by atoms with Gasteiger partial charge in [0.1, 0.15) is 0 Å².